The predicted molar refractivity (Wildman–Crippen MR) is 86.2 cm³/mol. The molecule has 0 saturated carbocycles. The molecule has 1 atom stereocenters. The number of hydrogen-bond acceptors (Lipinski definition) is 5. The van der Waals surface area contributed by atoms with Crippen LogP contribution in [0.25, 0.3) is 0 Å². The van der Waals surface area contributed by atoms with Gasteiger partial charge in [-0.2, -0.15) is 11.8 Å². The summed E-state index contributed by atoms with van der Waals surface area (Å²) in [5, 5.41) is 6.28. The van der Waals surface area contributed by atoms with Gasteiger partial charge in [-0.25, -0.2) is 0 Å². The number of nitrogens with one attached hydrogen (secondary N) is 2. The monoisotopic (exact) mass is 310 g/mol. The molecule has 116 valence electrons. The van der Waals surface area contributed by atoms with Gasteiger partial charge in [-0.05, 0) is 12.1 Å². The van der Waals surface area contributed by atoms with Gasteiger partial charge in [0.1, 0.15) is 12.4 Å². The minimum Gasteiger partial charge on any atom is -0.491 e. The number of amides is 1. The molecule has 1 heterocycles. The van der Waals surface area contributed by atoms with Crippen molar-refractivity contribution >= 4 is 23.4 Å². The molecule has 2 rings (SSSR count). The summed E-state index contributed by atoms with van der Waals surface area (Å²) < 4.78 is 10.5. The molecule has 1 fully saturated rings. The molecule has 1 aromatic carbocycles. The van der Waals surface area contributed by atoms with Crippen molar-refractivity contribution in [3.8, 4) is 5.75 Å². The van der Waals surface area contributed by atoms with E-state index in [0.29, 0.717) is 19.6 Å². The van der Waals surface area contributed by atoms with Gasteiger partial charge in [0.05, 0.1) is 6.61 Å². The lowest BCUT2D eigenvalue weighted by molar-refractivity contribution is -0.116. The first-order chi connectivity index (χ1) is 10.3. The van der Waals surface area contributed by atoms with Crippen LogP contribution >= 0.6 is 11.8 Å². The van der Waals surface area contributed by atoms with Crippen LogP contribution in [0.5, 0.6) is 5.75 Å². The first kappa shape index (κ1) is 16.1. The van der Waals surface area contributed by atoms with E-state index in [1.54, 1.807) is 7.11 Å². The number of methoxy groups -OCH3 is 1. The van der Waals surface area contributed by atoms with Crippen molar-refractivity contribution in [1.82, 2.24) is 5.32 Å². The Bertz CT molecular complexity index is 450. The molecule has 1 saturated heterocycles. The molecule has 0 spiro atoms. The lowest BCUT2D eigenvalue weighted by Gasteiger charge is -2.22. The molecule has 0 aromatic heterocycles. The second-order valence-electron chi connectivity index (χ2n) is 4.85. The second-order valence-corrected chi connectivity index (χ2v) is 6.00. The Kier molecular flexibility index (Phi) is 6.85. The van der Waals surface area contributed by atoms with E-state index in [9.17, 15) is 4.79 Å². The zero-order valence-corrected chi connectivity index (χ0v) is 13.1. The third-order valence-electron chi connectivity index (χ3n) is 3.10. The fourth-order valence-electron chi connectivity index (χ4n) is 2.09. The number of thioether (sulfide) groups is 1. The lowest BCUT2D eigenvalue weighted by Crippen LogP contribution is -2.39. The zero-order valence-electron chi connectivity index (χ0n) is 12.3. The SMILES string of the molecule is COCCOc1cccc(NC(=O)CC2CSCCN2)c1. The summed E-state index contributed by atoms with van der Waals surface area (Å²) in [6, 6.07) is 7.70. The highest BCUT2D eigenvalue weighted by molar-refractivity contribution is 7.99. The quantitative estimate of drug-likeness (QED) is 0.751. The Morgan fingerprint density at radius 2 is 2.38 bits per heavy atom. The van der Waals surface area contributed by atoms with Gasteiger partial charge in [0, 0.05) is 49.4 Å². The van der Waals surface area contributed by atoms with Gasteiger partial charge in [0.25, 0.3) is 0 Å². The highest BCUT2D eigenvalue weighted by Crippen LogP contribution is 2.18. The molecular weight excluding hydrogens is 288 g/mol. The molecule has 1 aliphatic rings. The van der Waals surface area contributed by atoms with Crippen molar-refractivity contribution in [1.29, 1.82) is 0 Å². The van der Waals surface area contributed by atoms with Crippen LogP contribution in [0.2, 0.25) is 0 Å². The molecule has 1 aromatic rings. The fourth-order valence-corrected chi connectivity index (χ4v) is 3.04. The molecule has 1 unspecified atom stereocenters. The number of benzene rings is 1. The maximum Gasteiger partial charge on any atom is 0.225 e. The van der Waals surface area contributed by atoms with E-state index in [2.05, 4.69) is 10.6 Å². The normalized spacial score (nSPS) is 18.2. The van der Waals surface area contributed by atoms with E-state index in [1.165, 1.54) is 0 Å². The minimum absolute atomic E-state index is 0.0315. The summed E-state index contributed by atoms with van der Waals surface area (Å²) in [7, 11) is 1.64. The van der Waals surface area contributed by atoms with Gasteiger partial charge in [-0.15, -0.1) is 0 Å². The average Bonchev–Trinajstić information content (AvgIpc) is 2.49. The van der Waals surface area contributed by atoms with E-state index in [1.807, 2.05) is 36.0 Å². The number of anilines is 1. The molecular formula is C15H22N2O3S. The van der Waals surface area contributed by atoms with Crippen molar-refractivity contribution in [2.24, 2.45) is 0 Å². The van der Waals surface area contributed by atoms with Crippen LogP contribution in [0.15, 0.2) is 24.3 Å². The molecule has 1 aliphatic heterocycles. The maximum atomic E-state index is 12.0. The van der Waals surface area contributed by atoms with Crippen LogP contribution in [0.3, 0.4) is 0 Å². The summed E-state index contributed by atoms with van der Waals surface area (Å²) in [4.78, 5) is 12.0. The van der Waals surface area contributed by atoms with E-state index in [4.69, 9.17) is 9.47 Å². The van der Waals surface area contributed by atoms with Crippen molar-refractivity contribution < 1.29 is 14.3 Å². The van der Waals surface area contributed by atoms with E-state index in [0.717, 1.165) is 29.5 Å². The highest BCUT2D eigenvalue weighted by atomic mass is 32.2. The lowest BCUT2D eigenvalue weighted by atomic mass is 10.2. The van der Waals surface area contributed by atoms with Gasteiger partial charge >= 0.3 is 0 Å². The van der Waals surface area contributed by atoms with Gasteiger partial charge in [-0.3, -0.25) is 4.79 Å². The summed E-state index contributed by atoms with van der Waals surface area (Å²) >= 11 is 1.89. The average molecular weight is 310 g/mol. The third kappa shape index (κ3) is 5.95. The van der Waals surface area contributed by atoms with Crippen molar-refractivity contribution in [2.75, 3.05) is 43.7 Å². The fraction of sp³-hybridized carbons (Fsp3) is 0.533. The van der Waals surface area contributed by atoms with Gasteiger partial charge < -0.3 is 20.1 Å². The third-order valence-corrected chi connectivity index (χ3v) is 4.24. The van der Waals surface area contributed by atoms with Crippen molar-refractivity contribution in [2.45, 2.75) is 12.5 Å². The summed E-state index contributed by atoms with van der Waals surface area (Å²) in [6.45, 7) is 2.02. The van der Waals surface area contributed by atoms with Crippen LogP contribution in [0.1, 0.15) is 6.42 Å². The van der Waals surface area contributed by atoms with Crippen LogP contribution in [0, 0.1) is 0 Å². The largest absolute Gasteiger partial charge is 0.491 e. The van der Waals surface area contributed by atoms with Crippen LogP contribution < -0.4 is 15.4 Å². The summed E-state index contributed by atoms with van der Waals surface area (Å²) in [5.74, 6) is 2.88. The molecule has 0 radical (unpaired) electrons. The Morgan fingerprint density at radius 1 is 1.48 bits per heavy atom. The van der Waals surface area contributed by atoms with Gasteiger partial charge in [-0.1, -0.05) is 6.07 Å². The number of carbonyl (C=O) groups is 1. The number of rotatable bonds is 7. The van der Waals surface area contributed by atoms with E-state index in [-0.39, 0.29) is 11.9 Å². The predicted octanol–water partition coefficient (Wildman–Crippen LogP) is 1.75. The first-order valence-electron chi connectivity index (χ1n) is 7.10. The zero-order chi connectivity index (χ0) is 14.9. The molecule has 21 heavy (non-hydrogen) atoms. The minimum atomic E-state index is 0.0315. The topological polar surface area (TPSA) is 59.6 Å². The van der Waals surface area contributed by atoms with Gasteiger partial charge in [0.15, 0.2) is 0 Å². The van der Waals surface area contributed by atoms with Crippen LogP contribution in [-0.4, -0.2) is 50.3 Å². The highest BCUT2D eigenvalue weighted by Gasteiger charge is 2.16. The van der Waals surface area contributed by atoms with Gasteiger partial charge in [0.2, 0.25) is 5.91 Å². The Morgan fingerprint density at radius 3 is 3.14 bits per heavy atom. The Hall–Kier alpha value is -1.24. The van der Waals surface area contributed by atoms with E-state index < -0.39 is 0 Å². The van der Waals surface area contributed by atoms with Crippen molar-refractivity contribution in [3.05, 3.63) is 24.3 Å². The number of hydrogen-bond donors (Lipinski definition) is 2. The van der Waals surface area contributed by atoms with E-state index >= 15 is 0 Å². The van der Waals surface area contributed by atoms with Crippen LogP contribution in [0.4, 0.5) is 5.69 Å². The van der Waals surface area contributed by atoms with Crippen LogP contribution in [-0.2, 0) is 9.53 Å². The Balaban J connectivity index is 1.80. The van der Waals surface area contributed by atoms with Crippen molar-refractivity contribution in [3.63, 3.8) is 0 Å². The number of ether oxygens (including phenoxy) is 2. The summed E-state index contributed by atoms with van der Waals surface area (Å²) in [5.41, 5.74) is 0.762. The first-order valence-corrected chi connectivity index (χ1v) is 8.26. The smallest absolute Gasteiger partial charge is 0.225 e. The standard InChI is InChI=1S/C15H22N2O3S/c1-19-6-7-20-14-4-2-3-12(9-14)17-15(18)10-13-11-21-8-5-16-13/h2-4,9,13,16H,5-8,10-11H2,1H3,(H,17,18). The molecule has 6 heteroatoms. The second kappa shape index (κ2) is 8.92. The molecule has 0 bridgehead atoms. The molecule has 0 aliphatic carbocycles. The maximum absolute atomic E-state index is 12.0. The summed E-state index contributed by atoms with van der Waals surface area (Å²) in [6.07, 6.45) is 0.502. The molecule has 2 N–H and O–H groups in total. The number of carbonyl (C=O) groups excluding carboxylic acids is 1. The Labute approximate surface area is 129 Å². The molecule has 1 amide bonds. The molecule has 5 nitrogen and oxygen atoms in total.